The normalized spacial score (nSPS) is 26.8. The van der Waals surface area contributed by atoms with Crippen molar-refractivity contribution in [2.75, 3.05) is 11.9 Å². The third kappa shape index (κ3) is 3.67. The molecule has 2 heterocycles. The van der Waals surface area contributed by atoms with Crippen molar-refractivity contribution in [1.29, 1.82) is 0 Å². The summed E-state index contributed by atoms with van der Waals surface area (Å²) in [6.45, 7) is 4.82. The van der Waals surface area contributed by atoms with Crippen molar-refractivity contribution in [1.82, 2.24) is 25.6 Å². The van der Waals surface area contributed by atoms with Crippen LogP contribution < -0.4 is 4.90 Å². The molecular formula is C24H27FN6O. The number of phenols is 1. The van der Waals surface area contributed by atoms with Crippen LogP contribution >= 0.6 is 0 Å². The molecule has 1 aromatic carbocycles. The van der Waals surface area contributed by atoms with Gasteiger partial charge in [0.1, 0.15) is 11.6 Å². The molecule has 2 aliphatic carbocycles. The lowest BCUT2D eigenvalue weighted by atomic mass is 9.68. The standard InChI is InChI=1S/C24H27FN6O/c1-23-6-7-24(2,14-23)11-16(10-23)31(3)22-5-4-20(28-29-22)18-8-19(25)17(9-21(18)32)15-12-26-30-27-13-15/h4-5,8-9,12-13,16,32H,6-7,10-11,14H2,1-3H3/t16?,23-,24+. The van der Waals surface area contributed by atoms with Crippen LogP contribution in [0.25, 0.3) is 22.4 Å². The Bertz CT molecular complexity index is 1120. The zero-order valence-electron chi connectivity index (χ0n) is 18.6. The molecule has 2 aliphatic rings. The molecule has 1 unspecified atom stereocenters. The Morgan fingerprint density at radius 1 is 1.00 bits per heavy atom. The minimum atomic E-state index is -0.505. The monoisotopic (exact) mass is 434 g/mol. The summed E-state index contributed by atoms with van der Waals surface area (Å²) >= 11 is 0. The minimum absolute atomic E-state index is 0.0849. The van der Waals surface area contributed by atoms with Crippen LogP contribution in [0.5, 0.6) is 5.75 Å². The van der Waals surface area contributed by atoms with Gasteiger partial charge in [0.05, 0.1) is 18.1 Å². The molecule has 2 saturated carbocycles. The number of nitrogens with zero attached hydrogens (tertiary/aromatic N) is 6. The van der Waals surface area contributed by atoms with Gasteiger partial charge < -0.3 is 10.0 Å². The largest absolute Gasteiger partial charge is 0.507 e. The molecule has 5 rings (SSSR count). The Morgan fingerprint density at radius 2 is 1.69 bits per heavy atom. The van der Waals surface area contributed by atoms with E-state index in [0.717, 1.165) is 18.7 Å². The highest BCUT2D eigenvalue weighted by atomic mass is 19.1. The molecule has 0 amide bonds. The van der Waals surface area contributed by atoms with Gasteiger partial charge in [-0.2, -0.15) is 0 Å². The van der Waals surface area contributed by atoms with Crippen LogP contribution in [0.2, 0.25) is 0 Å². The summed E-state index contributed by atoms with van der Waals surface area (Å²) in [7, 11) is 2.08. The van der Waals surface area contributed by atoms with Crippen LogP contribution in [0.3, 0.4) is 0 Å². The molecule has 3 atom stereocenters. The molecule has 0 spiro atoms. The lowest BCUT2D eigenvalue weighted by molar-refractivity contribution is 0.148. The average molecular weight is 435 g/mol. The summed E-state index contributed by atoms with van der Waals surface area (Å²) in [5.41, 5.74) is 2.16. The fraction of sp³-hybridized carbons (Fsp3) is 0.458. The number of hydrogen-bond donors (Lipinski definition) is 1. The van der Waals surface area contributed by atoms with Crippen LogP contribution in [0.15, 0.2) is 36.7 Å². The van der Waals surface area contributed by atoms with E-state index in [9.17, 15) is 9.50 Å². The molecule has 3 aromatic rings. The maximum Gasteiger partial charge on any atom is 0.151 e. The second-order valence-electron chi connectivity index (χ2n) is 10.1. The van der Waals surface area contributed by atoms with Crippen molar-refractivity contribution in [3.63, 3.8) is 0 Å². The average Bonchev–Trinajstić information content (AvgIpc) is 3.02. The first kappa shape index (κ1) is 20.7. The highest BCUT2D eigenvalue weighted by Crippen LogP contribution is 2.58. The van der Waals surface area contributed by atoms with Crippen LogP contribution in [0, 0.1) is 16.6 Å². The maximum atomic E-state index is 14.8. The Balaban J connectivity index is 1.39. The summed E-state index contributed by atoms with van der Waals surface area (Å²) < 4.78 is 14.8. The fourth-order valence-corrected chi connectivity index (χ4v) is 5.85. The summed E-state index contributed by atoms with van der Waals surface area (Å²) in [6, 6.07) is 6.71. The van der Waals surface area contributed by atoms with Gasteiger partial charge in [0, 0.05) is 29.8 Å². The summed E-state index contributed by atoms with van der Waals surface area (Å²) in [5, 5.41) is 30.0. The zero-order valence-corrected chi connectivity index (χ0v) is 18.6. The number of aromatic nitrogens is 5. The number of phenolic OH excluding ortho intramolecular Hbond substituents is 1. The van der Waals surface area contributed by atoms with Crippen LogP contribution in [-0.4, -0.2) is 43.8 Å². The molecule has 32 heavy (non-hydrogen) atoms. The molecule has 7 nitrogen and oxygen atoms in total. The number of rotatable bonds is 4. The van der Waals surface area contributed by atoms with Gasteiger partial charge in [-0.05, 0) is 72.4 Å². The van der Waals surface area contributed by atoms with E-state index in [1.54, 1.807) is 6.07 Å². The highest BCUT2D eigenvalue weighted by molar-refractivity contribution is 5.74. The smallest absolute Gasteiger partial charge is 0.151 e. The van der Waals surface area contributed by atoms with E-state index in [1.165, 1.54) is 43.8 Å². The first-order chi connectivity index (χ1) is 15.3. The van der Waals surface area contributed by atoms with Gasteiger partial charge in [0.15, 0.2) is 5.82 Å². The zero-order chi connectivity index (χ0) is 22.5. The Morgan fingerprint density at radius 3 is 2.31 bits per heavy atom. The van der Waals surface area contributed by atoms with E-state index >= 15 is 0 Å². The van der Waals surface area contributed by atoms with Crippen molar-refractivity contribution in [3.05, 3.63) is 42.5 Å². The van der Waals surface area contributed by atoms with E-state index in [2.05, 4.69) is 51.4 Å². The first-order valence-electron chi connectivity index (χ1n) is 11.0. The van der Waals surface area contributed by atoms with Gasteiger partial charge in [-0.15, -0.1) is 20.4 Å². The molecule has 166 valence electrons. The molecule has 2 bridgehead atoms. The lowest BCUT2D eigenvalue weighted by Crippen LogP contribution is -2.42. The number of anilines is 1. The van der Waals surface area contributed by atoms with E-state index in [0.29, 0.717) is 33.7 Å². The second kappa shape index (κ2) is 7.46. The predicted molar refractivity (Wildman–Crippen MR) is 119 cm³/mol. The SMILES string of the molecule is CN(c1ccc(-c2cc(F)c(-c3cnnnc3)cc2O)nn1)C1C[C@]2(C)CC[C@](C)(C1)C2. The molecule has 0 aliphatic heterocycles. The van der Waals surface area contributed by atoms with Crippen molar-refractivity contribution in [2.45, 2.75) is 52.0 Å². The van der Waals surface area contributed by atoms with Crippen LogP contribution in [0.4, 0.5) is 10.2 Å². The number of benzene rings is 1. The predicted octanol–water partition coefficient (Wildman–Crippen LogP) is 4.64. The number of fused-ring (bicyclic) bond motifs is 2. The van der Waals surface area contributed by atoms with Gasteiger partial charge >= 0.3 is 0 Å². The van der Waals surface area contributed by atoms with Gasteiger partial charge in [-0.1, -0.05) is 13.8 Å². The van der Waals surface area contributed by atoms with E-state index in [4.69, 9.17) is 0 Å². The fourth-order valence-electron chi connectivity index (χ4n) is 5.85. The van der Waals surface area contributed by atoms with Crippen molar-refractivity contribution >= 4 is 5.82 Å². The lowest BCUT2D eigenvalue weighted by Gasteiger charge is -2.44. The van der Waals surface area contributed by atoms with Gasteiger partial charge in [0.2, 0.25) is 0 Å². The summed E-state index contributed by atoms with van der Waals surface area (Å²) in [5.74, 6) is 0.200. The summed E-state index contributed by atoms with van der Waals surface area (Å²) in [6.07, 6.45) is 9.02. The number of aromatic hydroxyl groups is 1. The topological polar surface area (TPSA) is 87.9 Å². The van der Waals surface area contributed by atoms with E-state index in [-0.39, 0.29) is 11.3 Å². The van der Waals surface area contributed by atoms with E-state index < -0.39 is 5.82 Å². The first-order valence-corrected chi connectivity index (χ1v) is 11.0. The molecule has 1 N–H and O–H groups in total. The van der Waals surface area contributed by atoms with Crippen LogP contribution in [0.1, 0.15) is 46.0 Å². The van der Waals surface area contributed by atoms with Crippen LogP contribution in [-0.2, 0) is 0 Å². The molecule has 8 heteroatoms. The van der Waals surface area contributed by atoms with Gasteiger partial charge in [0.25, 0.3) is 0 Å². The van der Waals surface area contributed by atoms with E-state index in [1.807, 2.05) is 6.07 Å². The molecule has 2 fully saturated rings. The summed E-state index contributed by atoms with van der Waals surface area (Å²) in [4.78, 5) is 2.23. The minimum Gasteiger partial charge on any atom is -0.507 e. The number of halogens is 1. The Labute approximate surface area is 186 Å². The second-order valence-corrected chi connectivity index (χ2v) is 10.1. The van der Waals surface area contributed by atoms with Gasteiger partial charge in [-0.3, -0.25) is 0 Å². The molecule has 0 radical (unpaired) electrons. The Kier molecular flexibility index (Phi) is 4.83. The molecule has 0 saturated heterocycles. The maximum absolute atomic E-state index is 14.8. The molecular weight excluding hydrogens is 407 g/mol. The number of hydrogen-bond acceptors (Lipinski definition) is 7. The van der Waals surface area contributed by atoms with Crippen molar-refractivity contribution in [3.8, 4) is 28.1 Å². The van der Waals surface area contributed by atoms with Gasteiger partial charge in [-0.25, -0.2) is 4.39 Å². The Hall–Kier alpha value is -3.16. The quantitative estimate of drug-likeness (QED) is 0.640. The third-order valence-corrected chi connectivity index (χ3v) is 7.37. The van der Waals surface area contributed by atoms with Crippen molar-refractivity contribution in [2.24, 2.45) is 10.8 Å². The van der Waals surface area contributed by atoms with Crippen molar-refractivity contribution < 1.29 is 9.50 Å². The highest BCUT2D eigenvalue weighted by Gasteiger charge is 2.50. The molecule has 2 aromatic heterocycles. The third-order valence-electron chi connectivity index (χ3n) is 7.37.